The summed E-state index contributed by atoms with van der Waals surface area (Å²) in [6, 6.07) is 43.4. The molecule has 0 radical (unpaired) electrons. The Labute approximate surface area is 205 Å². The number of hydrogen-bond donors (Lipinski definition) is 0. The maximum atomic E-state index is 12.7. The Morgan fingerprint density at radius 2 is 0.971 bits per heavy atom. The molecule has 0 spiro atoms. The van der Waals surface area contributed by atoms with Gasteiger partial charge in [0.1, 0.15) is 0 Å². The van der Waals surface area contributed by atoms with E-state index in [0.717, 1.165) is 16.8 Å². The van der Waals surface area contributed by atoms with E-state index in [9.17, 15) is 4.79 Å². The first-order valence-corrected chi connectivity index (χ1v) is 13.0. The van der Waals surface area contributed by atoms with E-state index in [-0.39, 0.29) is 5.78 Å². The van der Waals surface area contributed by atoms with Crippen LogP contribution in [-0.2, 0) is 0 Å². The Morgan fingerprint density at radius 1 is 0.500 bits per heavy atom. The minimum absolute atomic E-state index is 0.0477. The van der Waals surface area contributed by atoms with E-state index in [1.54, 1.807) is 0 Å². The molecule has 0 aromatic heterocycles. The van der Waals surface area contributed by atoms with E-state index in [4.69, 9.17) is 0 Å². The van der Waals surface area contributed by atoms with Crippen LogP contribution in [0, 0.1) is 0 Å². The summed E-state index contributed by atoms with van der Waals surface area (Å²) in [4.78, 5) is 15.1. The van der Waals surface area contributed by atoms with Gasteiger partial charge >= 0.3 is 165 Å². The molecule has 1 heterocycles. The number of para-hydroxylation sites is 2. The number of rotatable bonds is 4. The van der Waals surface area contributed by atoms with E-state index in [2.05, 4.69) is 77.7 Å². The number of anilines is 3. The van der Waals surface area contributed by atoms with Crippen molar-refractivity contribution in [3.05, 3.63) is 139 Å². The molecular formula is C31H21NOSe. The average molecular weight is 502 g/mol. The van der Waals surface area contributed by atoms with Gasteiger partial charge in [-0.15, -0.1) is 0 Å². The van der Waals surface area contributed by atoms with Crippen LogP contribution in [0.3, 0.4) is 0 Å². The molecule has 0 aliphatic carbocycles. The first-order valence-electron chi connectivity index (χ1n) is 11.2. The van der Waals surface area contributed by atoms with E-state index in [0.29, 0.717) is 26.1 Å². The van der Waals surface area contributed by atoms with Crippen LogP contribution in [0.1, 0.15) is 15.9 Å². The number of nitrogens with zero attached hydrogens (tertiary/aromatic N) is 1. The van der Waals surface area contributed by atoms with Gasteiger partial charge in [-0.25, -0.2) is 0 Å². The molecule has 0 bridgehead atoms. The standard InChI is InChI=1S/C31H21NOSe/c33-31(24-8-2-1-3-9-24)25-16-14-22(15-17-25)23-18-20-26(21-19-23)32-27-10-4-6-12-29(27)34-30-13-7-5-11-28(30)32/h1-21H. The van der Waals surface area contributed by atoms with Crippen LogP contribution in [0.4, 0.5) is 17.1 Å². The number of ketones is 1. The SMILES string of the molecule is O=C(c1ccccc1)c1ccc(-c2ccc(N3c4ccccc4[Se]c4ccccc43)cc2)cc1. The van der Waals surface area contributed by atoms with Gasteiger partial charge in [-0.2, -0.15) is 0 Å². The van der Waals surface area contributed by atoms with Gasteiger partial charge in [0.15, 0.2) is 0 Å². The van der Waals surface area contributed by atoms with Gasteiger partial charge in [-0.05, 0) is 0 Å². The normalized spacial score (nSPS) is 12.1. The third-order valence-corrected chi connectivity index (χ3v) is 8.45. The Bertz CT molecular complexity index is 1430. The Balaban J connectivity index is 1.31. The second-order valence-electron chi connectivity index (χ2n) is 8.19. The molecule has 0 N–H and O–H groups in total. The summed E-state index contributed by atoms with van der Waals surface area (Å²) in [5.74, 6) is 0.0477. The van der Waals surface area contributed by atoms with Crippen molar-refractivity contribution >= 4 is 46.7 Å². The summed E-state index contributed by atoms with van der Waals surface area (Å²) in [5, 5.41) is 0. The van der Waals surface area contributed by atoms with Crippen LogP contribution in [0.5, 0.6) is 0 Å². The fourth-order valence-electron chi connectivity index (χ4n) is 4.36. The summed E-state index contributed by atoms with van der Waals surface area (Å²) in [6.07, 6.45) is 0. The molecule has 1 aliphatic heterocycles. The van der Waals surface area contributed by atoms with Crippen molar-refractivity contribution in [3.8, 4) is 11.1 Å². The van der Waals surface area contributed by atoms with Crippen molar-refractivity contribution in [2.45, 2.75) is 0 Å². The number of carbonyl (C=O) groups excluding carboxylic acids is 1. The molecule has 1 aliphatic rings. The molecule has 0 atom stereocenters. The van der Waals surface area contributed by atoms with Crippen molar-refractivity contribution in [2.75, 3.05) is 4.90 Å². The first kappa shape index (κ1) is 20.7. The topological polar surface area (TPSA) is 20.3 Å². The summed E-state index contributed by atoms with van der Waals surface area (Å²) < 4.78 is 2.80. The van der Waals surface area contributed by atoms with E-state index in [1.165, 1.54) is 20.3 Å². The molecule has 5 aromatic carbocycles. The van der Waals surface area contributed by atoms with Gasteiger partial charge in [0.25, 0.3) is 0 Å². The average Bonchev–Trinajstić information content (AvgIpc) is 2.92. The fourth-order valence-corrected chi connectivity index (χ4v) is 6.58. The zero-order valence-electron chi connectivity index (χ0n) is 18.4. The molecule has 0 saturated carbocycles. The second-order valence-corrected chi connectivity index (χ2v) is 10.5. The summed E-state index contributed by atoms with van der Waals surface area (Å²) in [7, 11) is 0. The van der Waals surface area contributed by atoms with Crippen molar-refractivity contribution < 1.29 is 4.79 Å². The molecule has 34 heavy (non-hydrogen) atoms. The molecule has 5 aromatic rings. The number of fused-ring (bicyclic) bond motifs is 2. The Morgan fingerprint density at radius 3 is 1.56 bits per heavy atom. The number of benzene rings is 5. The maximum absolute atomic E-state index is 12.7. The quantitative estimate of drug-likeness (QED) is 0.217. The summed E-state index contributed by atoms with van der Waals surface area (Å²) in [5.41, 5.74) is 7.31. The summed E-state index contributed by atoms with van der Waals surface area (Å²) >= 11 is 0.308. The van der Waals surface area contributed by atoms with Crippen LogP contribution < -0.4 is 13.8 Å². The molecule has 6 rings (SSSR count). The number of hydrogen-bond acceptors (Lipinski definition) is 2. The van der Waals surface area contributed by atoms with E-state index < -0.39 is 0 Å². The van der Waals surface area contributed by atoms with Crippen molar-refractivity contribution in [1.82, 2.24) is 0 Å². The predicted octanol–water partition coefficient (Wildman–Crippen LogP) is 6.02. The molecule has 0 saturated heterocycles. The number of carbonyl (C=O) groups is 1. The monoisotopic (exact) mass is 503 g/mol. The van der Waals surface area contributed by atoms with Crippen LogP contribution in [0.25, 0.3) is 11.1 Å². The molecule has 0 unspecified atom stereocenters. The fraction of sp³-hybridized carbons (Fsp3) is 0. The Hall–Kier alpha value is -3.91. The minimum atomic E-state index is 0.0477. The second kappa shape index (κ2) is 8.79. The van der Waals surface area contributed by atoms with Crippen molar-refractivity contribution in [3.63, 3.8) is 0 Å². The van der Waals surface area contributed by atoms with Crippen LogP contribution in [0.15, 0.2) is 127 Å². The van der Waals surface area contributed by atoms with Gasteiger partial charge in [0.2, 0.25) is 0 Å². The van der Waals surface area contributed by atoms with Gasteiger partial charge in [0, 0.05) is 5.56 Å². The van der Waals surface area contributed by atoms with Crippen LogP contribution in [0.2, 0.25) is 0 Å². The van der Waals surface area contributed by atoms with Gasteiger partial charge in [0.05, 0.1) is 0 Å². The van der Waals surface area contributed by atoms with Gasteiger partial charge in [-0.3, -0.25) is 4.79 Å². The summed E-state index contributed by atoms with van der Waals surface area (Å²) in [6.45, 7) is 0. The molecule has 2 nitrogen and oxygen atoms in total. The first-order chi connectivity index (χ1) is 16.8. The van der Waals surface area contributed by atoms with Crippen molar-refractivity contribution in [2.24, 2.45) is 0 Å². The van der Waals surface area contributed by atoms with Crippen molar-refractivity contribution in [1.29, 1.82) is 0 Å². The Kier molecular flexibility index (Phi) is 5.35. The van der Waals surface area contributed by atoms with E-state index in [1.807, 2.05) is 54.6 Å². The molecule has 0 fully saturated rings. The van der Waals surface area contributed by atoms with Crippen LogP contribution in [-0.4, -0.2) is 20.7 Å². The van der Waals surface area contributed by atoms with Gasteiger partial charge < -0.3 is 0 Å². The van der Waals surface area contributed by atoms with Gasteiger partial charge in [-0.1, -0.05) is 30.3 Å². The molecular weight excluding hydrogens is 481 g/mol. The predicted molar refractivity (Wildman–Crippen MR) is 141 cm³/mol. The zero-order chi connectivity index (χ0) is 22.9. The molecule has 0 amide bonds. The third kappa shape index (κ3) is 3.76. The molecule has 3 heteroatoms. The van der Waals surface area contributed by atoms with E-state index >= 15 is 0 Å². The zero-order valence-corrected chi connectivity index (χ0v) is 20.1. The van der Waals surface area contributed by atoms with Crippen LogP contribution >= 0.6 is 0 Å². The molecule has 162 valence electrons. The third-order valence-electron chi connectivity index (χ3n) is 6.07.